The SMILES string of the molecule is C=C(CCC)c1cc(C=CC(=O)O)cc(OCOC(=O)C=CCC(C)=O)c1C. The third-order valence-electron chi connectivity index (χ3n) is 3.81. The highest BCUT2D eigenvalue weighted by Gasteiger charge is 2.11. The minimum atomic E-state index is -1.05. The summed E-state index contributed by atoms with van der Waals surface area (Å²) >= 11 is 0. The molecule has 0 aromatic heterocycles. The number of aliphatic carboxylic acids is 1. The largest absolute Gasteiger partial charge is 0.478 e. The molecule has 0 saturated carbocycles. The van der Waals surface area contributed by atoms with E-state index in [4.69, 9.17) is 14.6 Å². The van der Waals surface area contributed by atoms with Gasteiger partial charge in [-0.1, -0.05) is 26.0 Å². The fourth-order valence-electron chi connectivity index (χ4n) is 2.45. The first-order valence-electron chi connectivity index (χ1n) is 8.93. The van der Waals surface area contributed by atoms with Crippen molar-refractivity contribution >= 4 is 29.4 Å². The molecule has 28 heavy (non-hydrogen) atoms. The molecule has 1 N–H and O–H groups in total. The van der Waals surface area contributed by atoms with E-state index in [2.05, 4.69) is 6.58 Å². The maximum Gasteiger partial charge on any atom is 0.333 e. The molecule has 150 valence electrons. The molecule has 0 aliphatic carbocycles. The summed E-state index contributed by atoms with van der Waals surface area (Å²) in [5.41, 5.74) is 3.26. The van der Waals surface area contributed by atoms with Gasteiger partial charge in [0.1, 0.15) is 11.5 Å². The fraction of sp³-hybridized carbons (Fsp3) is 0.318. The average molecular weight is 386 g/mol. The standard InChI is InChI=1S/C22H26O6/c1-5-7-15(2)19-12-18(10-11-21(24)25)13-20(17(19)4)27-14-28-22(26)9-6-8-16(3)23/h6,9-13H,2,5,7-8,14H2,1,3-4H3,(H,24,25). The normalized spacial score (nSPS) is 11.0. The van der Waals surface area contributed by atoms with E-state index in [9.17, 15) is 14.4 Å². The molecule has 6 heteroatoms. The van der Waals surface area contributed by atoms with Gasteiger partial charge in [0.25, 0.3) is 0 Å². The van der Waals surface area contributed by atoms with E-state index in [1.807, 2.05) is 19.9 Å². The van der Waals surface area contributed by atoms with E-state index in [0.29, 0.717) is 11.3 Å². The van der Waals surface area contributed by atoms with Gasteiger partial charge in [0.15, 0.2) is 0 Å². The van der Waals surface area contributed by atoms with Gasteiger partial charge < -0.3 is 14.6 Å². The molecule has 0 saturated heterocycles. The average Bonchev–Trinajstić information content (AvgIpc) is 2.61. The van der Waals surface area contributed by atoms with Crippen LogP contribution in [0.25, 0.3) is 11.6 Å². The summed E-state index contributed by atoms with van der Waals surface area (Å²) in [6.07, 6.45) is 7.00. The number of esters is 1. The lowest BCUT2D eigenvalue weighted by molar-refractivity contribution is -0.144. The van der Waals surface area contributed by atoms with E-state index in [1.54, 1.807) is 6.07 Å². The van der Waals surface area contributed by atoms with E-state index in [-0.39, 0.29) is 19.0 Å². The van der Waals surface area contributed by atoms with Crippen molar-refractivity contribution in [1.29, 1.82) is 0 Å². The molecule has 0 aliphatic rings. The van der Waals surface area contributed by atoms with Crippen LogP contribution in [-0.4, -0.2) is 29.6 Å². The van der Waals surface area contributed by atoms with Crippen molar-refractivity contribution in [1.82, 2.24) is 0 Å². The number of carbonyl (C=O) groups excluding carboxylic acids is 2. The minimum absolute atomic E-state index is 0.0537. The maximum atomic E-state index is 11.6. The molecule has 1 rings (SSSR count). The number of carboxylic acids is 1. The number of hydrogen-bond acceptors (Lipinski definition) is 5. The number of rotatable bonds is 11. The van der Waals surface area contributed by atoms with Crippen LogP contribution >= 0.6 is 0 Å². The van der Waals surface area contributed by atoms with Crippen LogP contribution in [0.15, 0.2) is 36.9 Å². The quantitative estimate of drug-likeness (QED) is 0.346. The zero-order valence-electron chi connectivity index (χ0n) is 16.5. The van der Waals surface area contributed by atoms with Crippen molar-refractivity contribution in [2.75, 3.05) is 6.79 Å². The lowest BCUT2D eigenvalue weighted by Gasteiger charge is -2.15. The van der Waals surface area contributed by atoms with Gasteiger partial charge in [0.2, 0.25) is 6.79 Å². The van der Waals surface area contributed by atoms with Crippen LogP contribution < -0.4 is 4.74 Å². The number of ketones is 1. The summed E-state index contributed by atoms with van der Waals surface area (Å²) in [5, 5.41) is 8.85. The molecule has 0 unspecified atom stereocenters. The van der Waals surface area contributed by atoms with E-state index < -0.39 is 11.9 Å². The summed E-state index contributed by atoms with van der Waals surface area (Å²) in [6.45, 7) is 9.12. The lowest BCUT2D eigenvalue weighted by atomic mass is 9.95. The van der Waals surface area contributed by atoms with Crippen molar-refractivity contribution < 1.29 is 29.0 Å². The van der Waals surface area contributed by atoms with Crippen LogP contribution in [0.1, 0.15) is 49.8 Å². The highest BCUT2D eigenvalue weighted by molar-refractivity contribution is 5.86. The third-order valence-corrected chi connectivity index (χ3v) is 3.81. The van der Waals surface area contributed by atoms with Crippen LogP contribution in [0.5, 0.6) is 5.75 Å². The molecule has 1 aromatic rings. The van der Waals surface area contributed by atoms with Gasteiger partial charge >= 0.3 is 11.9 Å². The molecule has 0 heterocycles. The second-order valence-electron chi connectivity index (χ2n) is 6.25. The Kier molecular flexibility index (Phi) is 9.43. The molecule has 0 aliphatic heterocycles. The Morgan fingerprint density at radius 3 is 2.54 bits per heavy atom. The minimum Gasteiger partial charge on any atom is -0.478 e. The van der Waals surface area contributed by atoms with Gasteiger partial charge in [0, 0.05) is 18.6 Å². The molecule has 6 nitrogen and oxygen atoms in total. The number of carbonyl (C=O) groups is 3. The van der Waals surface area contributed by atoms with Gasteiger partial charge in [-0.15, -0.1) is 0 Å². The number of allylic oxidation sites excluding steroid dienone is 2. The van der Waals surface area contributed by atoms with Crippen molar-refractivity contribution in [3.8, 4) is 5.75 Å². The number of carboxylic acid groups (broad SMARTS) is 1. The first-order valence-corrected chi connectivity index (χ1v) is 8.93. The highest BCUT2D eigenvalue weighted by atomic mass is 16.7. The van der Waals surface area contributed by atoms with Gasteiger partial charge in [-0.05, 0) is 60.7 Å². The highest BCUT2D eigenvalue weighted by Crippen LogP contribution is 2.31. The van der Waals surface area contributed by atoms with Crippen LogP contribution in [0, 0.1) is 6.92 Å². The Hall–Kier alpha value is -3.15. The number of benzene rings is 1. The van der Waals surface area contributed by atoms with Gasteiger partial charge in [-0.25, -0.2) is 9.59 Å². The first-order chi connectivity index (χ1) is 13.2. The van der Waals surface area contributed by atoms with Crippen molar-refractivity contribution in [3.63, 3.8) is 0 Å². The van der Waals surface area contributed by atoms with Crippen LogP contribution in [0.3, 0.4) is 0 Å². The number of Topliss-reactive ketones (excluding diaryl/α,β-unsaturated/α-hetero) is 1. The molecule has 0 spiro atoms. The molecular weight excluding hydrogens is 360 g/mol. The van der Waals surface area contributed by atoms with Crippen LogP contribution in [0.2, 0.25) is 0 Å². The Bertz CT molecular complexity index is 801. The molecule has 0 bridgehead atoms. The summed E-state index contributed by atoms with van der Waals surface area (Å²) in [7, 11) is 0. The number of hydrogen-bond donors (Lipinski definition) is 1. The van der Waals surface area contributed by atoms with E-state index >= 15 is 0 Å². The van der Waals surface area contributed by atoms with E-state index in [0.717, 1.165) is 35.6 Å². The van der Waals surface area contributed by atoms with Gasteiger partial charge in [-0.2, -0.15) is 0 Å². The first kappa shape index (κ1) is 22.9. The predicted molar refractivity (Wildman–Crippen MR) is 108 cm³/mol. The Balaban J connectivity index is 2.95. The summed E-state index contributed by atoms with van der Waals surface area (Å²) in [6, 6.07) is 3.53. The second-order valence-corrected chi connectivity index (χ2v) is 6.25. The Morgan fingerprint density at radius 1 is 1.21 bits per heavy atom. The van der Waals surface area contributed by atoms with Crippen molar-refractivity contribution in [3.05, 3.63) is 53.6 Å². The van der Waals surface area contributed by atoms with Gasteiger partial charge in [-0.3, -0.25) is 4.79 Å². The maximum absolute atomic E-state index is 11.6. The summed E-state index contributed by atoms with van der Waals surface area (Å²) < 4.78 is 10.6. The second kappa shape index (κ2) is 11.5. The summed E-state index contributed by atoms with van der Waals surface area (Å²) in [4.78, 5) is 33.3. The lowest BCUT2D eigenvalue weighted by Crippen LogP contribution is -2.09. The third kappa shape index (κ3) is 8.03. The van der Waals surface area contributed by atoms with Crippen LogP contribution in [0.4, 0.5) is 0 Å². The fourth-order valence-corrected chi connectivity index (χ4v) is 2.45. The molecule has 1 aromatic carbocycles. The van der Waals surface area contributed by atoms with Crippen molar-refractivity contribution in [2.24, 2.45) is 0 Å². The Labute approximate surface area is 165 Å². The molecule has 0 radical (unpaired) electrons. The molecule has 0 amide bonds. The number of ether oxygens (including phenoxy) is 2. The predicted octanol–water partition coefficient (Wildman–Crippen LogP) is 4.32. The zero-order chi connectivity index (χ0) is 21.1. The Morgan fingerprint density at radius 2 is 1.93 bits per heavy atom. The molecular formula is C22H26O6. The molecule has 0 atom stereocenters. The summed E-state index contributed by atoms with van der Waals surface area (Å²) in [5.74, 6) is -1.25. The van der Waals surface area contributed by atoms with Crippen molar-refractivity contribution in [2.45, 2.75) is 40.0 Å². The van der Waals surface area contributed by atoms with E-state index in [1.165, 1.54) is 25.2 Å². The molecule has 0 fully saturated rings. The smallest absolute Gasteiger partial charge is 0.333 e. The van der Waals surface area contributed by atoms with Crippen LogP contribution in [-0.2, 0) is 19.1 Å². The topological polar surface area (TPSA) is 89.9 Å². The monoisotopic (exact) mass is 386 g/mol. The van der Waals surface area contributed by atoms with Gasteiger partial charge in [0.05, 0.1) is 0 Å². The zero-order valence-corrected chi connectivity index (χ0v) is 16.5.